The summed E-state index contributed by atoms with van der Waals surface area (Å²) in [6.45, 7) is 3.76. The number of hydrogen-bond donors (Lipinski definition) is 3. The second-order valence-corrected chi connectivity index (χ2v) is 12.7. The number of aliphatic hydroxyl groups is 1. The van der Waals surface area contributed by atoms with Gasteiger partial charge in [-0.25, -0.2) is 4.79 Å². The predicted molar refractivity (Wildman–Crippen MR) is 186 cm³/mol. The van der Waals surface area contributed by atoms with Crippen molar-refractivity contribution >= 4 is 34.5 Å². The maximum atomic E-state index is 13.8. The number of allylic oxidation sites excluding steroid dienone is 3. The first-order chi connectivity index (χ1) is 23.8. The fraction of sp³-hybridized carbons (Fsp3) is 0.289. The van der Waals surface area contributed by atoms with E-state index in [4.69, 9.17) is 9.15 Å². The SMILES string of the molecule is CCCc1c(OCCCC/C=C\C=C\[C@H](Sc2ccc3c(=O)cc(C(=O)O)oc3c2)[C@H](O)c2ccccc2C(F)(F)F)ccc(C(C)=O)c1O.[H-].[Na+]. The average molecular weight is 735 g/mol. The Hall–Kier alpha value is -3.81. The first-order valence-corrected chi connectivity index (χ1v) is 16.8. The van der Waals surface area contributed by atoms with E-state index in [-0.39, 0.29) is 64.6 Å². The quantitative estimate of drug-likeness (QED) is 0.0414. The van der Waals surface area contributed by atoms with Crippen molar-refractivity contribution < 1.29 is 78.2 Å². The summed E-state index contributed by atoms with van der Waals surface area (Å²) < 4.78 is 52.8. The molecule has 4 rings (SSSR count). The number of carbonyl (C=O) groups excluding carboxylic acids is 1. The van der Waals surface area contributed by atoms with Gasteiger partial charge in [0.25, 0.3) is 0 Å². The number of aliphatic hydroxyl groups excluding tert-OH is 1. The summed E-state index contributed by atoms with van der Waals surface area (Å²) in [6.07, 6.45) is 3.97. The monoisotopic (exact) mass is 734 g/mol. The number of phenolic OH excluding ortho intramolecular Hbond substituents is 1. The zero-order valence-corrected chi connectivity index (χ0v) is 31.2. The van der Waals surface area contributed by atoms with Gasteiger partial charge in [0, 0.05) is 16.5 Å². The minimum atomic E-state index is -4.70. The smallest absolute Gasteiger partial charge is 1.00 e. The summed E-state index contributed by atoms with van der Waals surface area (Å²) in [6, 6.07) is 13.3. The number of phenols is 1. The van der Waals surface area contributed by atoms with E-state index in [0.717, 1.165) is 36.7 Å². The van der Waals surface area contributed by atoms with Gasteiger partial charge in [-0.3, -0.25) is 9.59 Å². The Kier molecular flexibility index (Phi) is 15.6. The summed E-state index contributed by atoms with van der Waals surface area (Å²) >= 11 is 1.03. The number of hydrogen-bond acceptors (Lipinski definition) is 8. The van der Waals surface area contributed by atoms with E-state index in [0.29, 0.717) is 42.1 Å². The molecular weight excluding hydrogens is 696 g/mol. The van der Waals surface area contributed by atoms with Crippen LogP contribution in [0.2, 0.25) is 0 Å². The Bertz CT molecular complexity index is 1960. The van der Waals surface area contributed by atoms with Gasteiger partial charge in [-0.05, 0) is 74.6 Å². The van der Waals surface area contributed by atoms with E-state index in [1.165, 1.54) is 37.3 Å². The molecule has 0 spiro atoms. The van der Waals surface area contributed by atoms with Crippen molar-refractivity contribution in [1.29, 1.82) is 0 Å². The second kappa shape index (κ2) is 19.1. The Morgan fingerprint density at radius 1 is 1.06 bits per heavy atom. The second-order valence-electron chi connectivity index (χ2n) is 11.5. The number of rotatable bonds is 16. The molecule has 3 N–H and O–H groups in total. The zero-order valence-electron chi connectivity index (χ0n) is 29.4. The van der Waals surface area contributed by atoms with Gasteiger partial charge in [0.2, 0.25) is 5.76 Å². The summed E-state index contributed by atoms with van der Waals surface area (Å²) in [4.78, 5) is 36.0. The Balaban J connectivity index is 0.00000468. The van der Waals surface area contributed by atoms with Crippen molar-refractivity contribution in [1.82, 2.24) is 0 Å². The number of halogens is 3. The molecule has 1 aromatic heterocycles. The number of carboxylic acids is 1. The van der Waals surface area contributed by atoms with E-state index in [1.807, 2.05) is 13.0 Å². The molecule has 0 amide bonds. The van der Waals surface area contributed by atoms with Gasteiger partial charge in [-0.2, -0.15) is 13.2 Å². The molecule has 266 valence electrons. The van der Waals surface area contributed by atoms with Crippen molar-refractivity contribution in [2.45, 2.75) is 68.4 Å². The van der Waals surface area contributed by atoms with Crippen molar-refractivity contribution in [3.05, 3.63) is 123 Å². The molecule has 4 aromatic rings. The normalized spacial score (nSPS) is 13.0. The van der Waals surface area contributed by atoms with Crippen molar-refractivity contribution in [3.8, 4) is 11.5 Å². The Morgan fingerprint density at radius 2 is 1.80 bits per heavy atom. The third-order valence-corrected chi connectivity index (χ3v) is 8.98. The number of Topliss-reactive ketones (excluding diaryl/α,β-unsaturated/α-hetero) is 1. The van der Waals surface area contributed by atoms with Crippen LogP contribution in [0, 0.1) is 0 Å². The molecule has 0 radical (unpaired) electrons. The first kappa shape index (κ1) is 41.6. The summed E-state index contributed by atoms with van der Waals surface area (Å²) in [5.74, 6) is -1.71. The minimum absolute atomic E-state index is 0. The molecule has 0 bridgehead atoms. The third kappa shape index (κ3) is 11.1. The minimum Gasteiger partial charge on any atom is -1.00 e. The number of aromatic carboxylic acids is 1. The molecule has 0 aliphatic heterocycles. The Labute approximate surface area is 320 Å². The number of alkyl halides is 3. The van der Waals surface area contributed by atoms with Crippen LogP contribution in [-0.2, 0) is 12.6 Å². The van der Waals surface area contributed by atoms with Gasteiger partial charge in [0.15, 0.2) is 11.2 Å². The molecule has 3 aromatic carbocycles. The fourth-order valence-electron chi connectivity index (χ4n) is 5.29. The van der Waals surface area contributed by atoms with Gasteiger partial charge >= 0.3 is 41.7 Å². The zero-order chi connectivity index (χ0) is 36.4. The molecule has 51 heavy (non-hydrogen) atoms. The molecule has 2 atom stereocenters. The predicted octanol–water partition coefficient (Wildman–Crippen LogP) is 6.04. The maximum Gasteiger partial charge on any atom is 1.00 e. The summed E-state index contributed by atoms with van der Waals surface area (Å²) in [5.41, 5.74) is -0.975. The fourth-order valence-corrected chi connectivity index (χ4v) is 6.37. The largest absolute Gasteiger partial charge is 1.00 e. The van der Waals surface area contributed by atoms with Crippen LogP contribution in [0.15, 0.2) is 99.1 Å². The van der Waals surface area contributed by atoms with Crippen LogP contribution in [0.25, 0.3) is 11.0 Å². The third-order valence-electron chi connectivity index (χ3n) is 7.77. The first-order valence-electron chi connectivity index (χ1n) is 16.0. The number of benzene rings is 3. The summed E-state index contributed by atoms with van der Waals surface area (Å²) in [5, 5.41) is 30.3. The molecule has 0 saturated heterocycles. The molecule has 1 heterocycles. The molecule has 0 unspecified atom stereocenters. The van der Waals surface area contributed by atoms with Crippen LogP contribution >= 0.6 is 11.8 Å². The number of unbranched alkanes of at least 4 members (excludes halogenated alkanes) is 2. The number of fused-ring (bicyclic) bond motifs is 1. The molecule has 0 aliphatic carbocycles. The average Bonchev–Trinajstić information content (AvgIpc) is 3.07. The van der Waals surface area contributed by atoms with Gasteiger partial charge < -0.3 is 25.9 Å². The van der Waals surface area contributed by atoms with E-state index in [2.05, 4.69) is 0 Å². The van der Waals surface area contributed by atoms with Crippen LogP contribution in [0.4, 0.5) is 13.2 Å². The molecule has 8 nitrogen and oxygen atoms in total. The van der Waals surface area contributed by atoms with E-state index < -0.39 is 40.3 Å². The topological polar surface area (TPSA) is 134 Å². The molecule has 13 heteroatoms. The van der Waals surface area contributed by atoms with E-state index >= 15 is 0 Å². The van der Waals surface area contributed by atoms with Crippen molar-refractivity contribution in [2.75, 3.05) is 6.61 Å². The number of carboxylic acid groups (broad SMARTS) is 1. The number of thioether (sulfide) groups is 1. The van der Waals surface area contributed by atoms with Gasteiger partial charge in [-0.1, -0.05) is 55.8 Å². The van der Waals surface area contributed by atoms with Crippen molar-refractivity contribution in [2.24, 2.45) is 0 Å². The van der Waals surface area contributed by atoms with Gasteiger partial charge in [0.05, 0.1) is 34.5 Å². The van der Waals surface area contributed by atoms with Crippen LogP contribution in [0.5, 0.6) is 11.5 Å². The Morgan fingerprint density at radius 3 is 2.49 bits per heavy atom. The van der Waals surface area contributed by atoms with Crippen molar-refractivity contribution in [3.63, 3.8) is 0 Å². The number of aromatic hydroxyl groups is 1. The molecule has 0 fully saturated rings. The number of carbonyl (C=O) groups is 2. The molecule has 0 saturated carbocycles. The van der Waals surface area contributed by atoms with E-state index in [9.17, 15) is 42.9 Å². The van der Waals surface area contributed by atoms with Gasteiger partial charge in [0.1, 0.15) is 17.1 Å². The standard InChI is InChI=1S/C38H37F3O8S.Na.H/c1-3-12-28-31(19-18-25(23(2)42)35(28)44)48-20-11-7-5-4-6-8-15-34(36(45)26-13-9-10-14-29(26)38(39,40)41)50-24-16-17-27-30(43)22-33(37(46)47)49-32(27)21-24;;/h4,6,8-10,13-19,21-22,34,36,44-45H,3,5,7,11-12,20H2,1-2H3,(H,46,47);;/q;+1;-1/b6-4-,15-8+;;/t34-,36+;;/m0../s1. The van der Waals surface area contributed by atoms with Crippen LogP contribution in [-0.4, -0.2) is 38.9 Å². The van der Waals surface area contributed by atoms with Crippen LogP contribution in [0.3, 0.4) is 0 Å². The van der Waals surface area contributed by atoms with E-state index in [1.54, 1.807) is 36.4 Å². The summed E-state index contributed by atoms with van der Waals surface area (Å²) in [7, 11) is 0. The van der Waals surface area contributed by atoms with Crippen LogP contribution < -0.4 is 39.7 Å². The number of ether oxygens (including phenoxy) is 1. The van der Waals surface area contributed by atoms with Gasteiger partial charge in [-0.15, -0.1) is 11.8 Å². The van der Waals surface area contributed by atoms with Crippen LogP contribution in [0.1, 0.15) is 84.7 Å². The number of ketones is 1. The molecular formula is C38H38F3NaO8S. The maximum absolute atomic E-state index is 13.8. The molecule has 0 aliphatic rings.